The number of aromatic hydroxyl groups is 1. The first-order valence-corrected chi connectivity index (χ1v) is 6.54. The van der Waals surface area contributed by atoms with Crippen LogP contribution in [0, 0.1) is 5.92 Å². The van der Waals surface area contributed by atoms with E-state index < -0.39 is 0 Å². The number of phenols is 1. The Morgan fingerprint density at radius 2 is 1.89 bits per heavy atom. The van der Waals surface area contributed by atoms with Crippen molar-refractivity contribution in [3.05, 3.63) is 23.8 Å². The summed E-state index contributed by atoms with van der Waals surface area (Å²) in [5, 5.41) is 9.59. The molecule has 1 aromatic rings. The Balaban J connectivity index is 2.80. The van der Waals surface area contributed by atoms with Gasteiger partial charge in [0.2, 0.25) is 0 Å². The number of hydrogen-bond acceptors (Lipinski definition) is 3. The summed E-state index contributed by atoms with van der Waals surface area (Å²) in [5.74, 6) is 1.38. The molecule has 0 radical (unpaired) electrons. The fraction of sp³-hybridized carbons (Fsp3) is 0.600. The number of methoxy groups -OCH3 is 1. The number of ether oxygens (including phenoxy) is 1. The second kappa shape index (κ2) is 6.64. The maximum atomic E-state index is 9.59. The summed E-state index contributed by atoms with van der Waals surface area (Å²) in [6.07, 6.45) is 0. The first-order valence-electron chi connectivity index (χ1n) is 6.54. The SMILES string of the molecule is COc1cc(CN(CC(C)C)C(C)C)ccc1O. The lowest BCUT2D eigenvalue weighted by Crippen LogP contribution is -2.33. The van der Waals surface area contributed by atoms with Gasteiger partial charge in [-0.15, -0.1) is 0 Å². The highest BCUT2D eigenvalue weighted by atomic mass is 16.5. The second-order valence-corrected chi connectivity index (χ2v) is 5.42. The summed E-state index contributed by atoms with van der Waals surface area (Å²) < 4.78 is 5.14. The topological polar surface area (TPSA) is 32.7 Å². The molecular weight excluding hydrogens is 226 g/mol. The van der Waals surface area contributed by atoms with E-state index in [0.29, 0.717) is 17.7 Å². The summed E-state index contributed by atoms with van der Waals surface area (Å²) >= 11 is 0. The van der Waals surface area contributed by atoms with Crippen molar-refractivity contribution < 1.29 is 9.84 Å². The van der Waals surface area contributed by atoms with Gasteiger partial charge in [0.05, 0.1) is 7.11 Å². The van der Waals surface area contributed by atoms with E-state index in [0.717, 1.165) is 13.1 Å². The number of phenolic OH excluding ortho intramolecular Hbond substituents is 1. The van der Waals surface area contributed by atoms with Crippen molar-refractivity contribution in [2.75, 3.05) is 13.7 Å². The van der Waals surface area contributed by atoms with Crippen LogP contribution < -0.4 is 4.74 Å². The highest BCUT2D eigenvalue weighted by Crippen LogP contribution is 2.27. The van der Waals surface area contributed by atoms with Crippen LogP contribution >= 0.6 is 0 Å². The Kier molecular flexibility index (Phi) is 5.48. The molecule has 0 amide bonds. The number of rotatable bonds is 6. The summed E-state index contributed by atoms with van der Waals surface area (Å²) in [5.41, 5.74) is 1.17. The third-order valence-corrected chi connectivity index (χ3v) is 2.96. The largest absolute Gasteiger partial charge is 0.504 e. The Morgan fingerprint density at radius 3 is 2.39 bits per heavy atom. The third-order valence-electron chi connectivity index (χ3n) is 2.96. The zero-order chi connectivity index (χ0) is 13.7. The fourth-order valence-electron chi connectivity index (χ4n) is 1.98. The Labute approximate surface area is 110 Å². The molecule has 0 saturated carbocycles. The molecule has 1 rings (SSSR count). The van der Waals surface area contributed by atoms with Crippen molar-refractivity contribution in [3.8, 4) is 11.5 Å². The molecule has 0 heterocycles. The minimum absolute atomic E-state index is 0.196. The van der Waals surface area contributed by atoms with Gasteiger partial charge in [-0.2, -0.15) is 0 Å². The molecule has 0 unspecified atom stereocenters. The van der Waals surface area contributed by atoms with Gasteiger partial charge >= 0.3 is 0 Å². The summed E-state index contributed by atoms with van der Waals surface area (Å²) in [7, 11) is 1.58. The molecule has 0 saturated heterocycles. The van der Waals surface area contributed by atoms with E-state index in [1.165, 1.54) is 5.56 Å². The highest BCUT2D eigenvalue weighted by molar-refractivity contribution is 5.41. The highest BCUT2D eigenvalue weighted by Gasteiger charge is 2.13. The molecule has 0 spiro atoms. The first-order chi connectivity index (χ1) is 8.43. The molecule has 102 valence electrons. The zero-order valence-corrected chi connectivity index (χ0v) is 12.1. The van der Waals surface area contributed by atoms with Crippen LogP contribution in [0.5, 0.6) is 11.5 Å². The van der Waals surface area contributed by atoms with Crippen LogP contribution in [0.15, 0.2) is 18.2 Å². The lowest BCUT2D eigenvalue weighted by molar-refractivity contribution is 0.189. The molecule has 1 N–H and O–H groups in total. The van der Waals surface area contributed by atoms with Crippen LogP contribution in [0.2, 0.25) is 0 Å². The molecular formula is C15H25NO2. The molecule has 0 aliphatic rings. The van der Waals surface area contributed by atoms with Crippen LogP contribution in [0.25, 0.3) is 0 Å². The minimum atomic E-state index is 0.196. The Hall–Kier alpha value is -1.22. The average Bonchev–Trinajstić information content (AvgIpc) is 2.29. The second-order valence-electron chi connectivity index (χ2n) is 5.42. The standard InChI is InChI=1S/C15H25NO2/c1-11(2)9-16(12(3)4)10-13-6-7-14(17)15(8-13)18-5/h6-8,11-12,17H,9-10H2,1-5H3. The first kappa shape index (κ1) is 14.8. The number of benzene rings is 1. The van der Waals surface area contributed by atoms with Crippen LogP contribution in [0.3, 0.4) is 0 Å². The van der Waals surface area contributed by atoms with Gasteiger partial charge in [-0.05, 0) is 37.5 Å². The van der Waals surface area contributed by atoms with E-state index in [-0.39, 0.29) is 5.75 Å². The monoisotopic (exact) mass is 251 g/mol. The van der Waals surface area contributed by atoms with E-state index >= 15 is 0 Å². The quantitative estimate of drug-likeness (QED) is 0.842. The molecule has 0 aromatic heterocycles. The molecule has 0 aliphatic heterocycles. The molecule has 3 heteroatoms. The van der Waals surface area contributed by atoms with E-state index in [1.807, 2.05) is 12.1 Å². The minimum Gasteiger partial charge on any atom is -0.504 e. The van der Waals surface area contributed by atoms with Crippen LogP contribution in [-0.2, 0) is 6.54 Å². The van der Waals surface area contributed by atoms with E-state index in [4.69, 9.17) is 4.74 Å². The van der Waals surface area contributed by atoms with Gasteiger partial charge in [-0.25, -0.2) is 0 Å². The predicted octanol–water partition coefficient (Wildman–Crippen LogP) is 3.27. The van der Waals surface area contributed by atoms with E-state index in [2.05, 4.69) is 32.6 Å². The molecule has 3 nitrogen and oxygen atoms in total. The predicted molar refractivity (Wildman–Crippen MR) is 75.0 cm³/mol. The van der Waals surface area contributed by atoms with E-state index in [9.17, 15) is 5.11 Å². The smallest absolute Gasteiger partial charge is 0.160 e. The number of nitrogens with zero attached hydrogens (tertiary/aromatic N) is 1. The maximum Gasteiger partial charge on any atom is 0.160 e. The fourth-order valence-corrected chi connectivity index (χ4v) is 1.98. The zero-order valence-electron chi connectivity index (χ0n) is 12.1. The molecule has 0 atom stereocenters. The van der Waals surface area contributed by atoms with Crippen molar-refractivity contribution in [2.24, 2.45) is 5.92 Å². The van der Waals surface area contributed by atoms with Crippen LogP contribution in [0.4, 0.5) is 0 Å². The summed E-state index contributed by atoms with van der Waals surface area (Å²) in [4.78, 5) is 2.43. The van der Waals surface area contributed by atoms with Gasteiger partial charge in [0.15, 0.2) is 11.5 Å². The molecule has 0 bridgehead atoms. The van der Waals surface area contributed by atoms with Crippen molar-refractivity contribution in [1.29, 1.82) is 0 Å². The molecule has 0 aliphatic carbocycles. The third kappa shape index (κ3) is 4.22. The van der Waals surface area contributed by atoms with Crippen LogP contribution in [0.1, 0.15) is 33.3 Å². The molecule has 18 heavy (non-hydrogen) atoms. The van der Waals surface area contributed by atoms with Crippen molar-refractivity contribution in [1.82, 2.24) is 4.90 Å². The van der Waals surface area contributed by atoms with Gasteiger partial charge in [-0.3, -0.25) is 4.90 Å². The maximum absolute atomic E-state index is 9.59. The van der Waals surface area contributed by atoms with Crippen molar-refractivity contribution in [2.45, 2.75) is 40.3 Å². The lowest BCUT2D eigenvalue weighted by atomic mass is 10.1. The number of hydrogen-bond donors (Lipinski definition) is 1. The van der Waals surface area contributed by atoms with E-state index in [1.54, 1.807) is 13.2 Å². The van der Waals surface area contributed by atoms with Crippen LogP contribution in [-0.4, -0.2) is 29.7 Å². The normalized spacial score (nSPS) is 11.6. The summed E-state index contributed by atoms with van der Waals surface area (Å²) in [6, 6.07) is 6.06. The average molecular weight is 251 g/mol. The van der Waals surface area contributed by atoms with Gasteiger partial charge in [0.25, 0.3) is 0 Å². The molecule has 0 fully saturated rings. The van der Waals surface area contributed by atoms with Gasteiger partial charge in [-0.1, -0.05) is 19.9 Å². The Bertz CT molecular complexity index is 375. The van der Waals surface area contributed by atoms with Gasteiger partial charge in [0.1, 0.15) is 0 Å². The lowest BCUT2D eigenvalue weighted by Gasteiger charge is -2.28. The van der Waals surface area contributed by atoms with Gasteiger partial charge in [0, 0.05) is 19.1 Å². The van der Waals surface area contributed by atoms with Crippen molar-refractivity contribution >= 4 is 0 Å². The van der Waals surface area contributed by atoms with Gasteiger partial charge < -0.3 is 9.84 Å². The Morgan fingerprint density at radius 1 is 1.22 bits per heavy atom. The molecule has 1 aromatic carbocycles. The summed E-state index contributed by atoms with van der Waals surface area (Å²) in [6.45, 7) is 10.8. The van der Waals surface area contributed by atoms with Crippen molar-refractivity contribution in [3.63, 3.8) is 0 Å².